The smallest absolute Gasteiger partial charge is 0.323 e. The molecule has 0 radical (unpaired) electrons. The molecule has 0 aromatic heterocycles. The predicted octanol–water partition coefficient (Wildman–Crippen LogP) is 5.28. The average Bonchev–Trinajstić information content (AvgIpc) is 3.14. The van der Waals surface area contributed by atoms with Crippen LogP contribution in [0, 0.1) is 6.92 Å². The van der Waals surface area contributed by atoms with E-state index < -0.39 is 5.97 Å². The monoisotopic (exact) mass is 491 g/mol. The number of benzene rings is 3. The highest BCUT2D eigenvalue weighted by atomic mass is 35.5. The van der Waals surface area contributed by atoms with Crippen LogP contribution in [0.2, 0.25) is 5.02 Å². The van der Waals surface area contributed by atoms with E-state index in [2.05, 4.69) is 6.92 Å². The van der Waals surface area contributed by atoms with E-state index in [0.29, 0.717) is 18.0 Å². The van der Waals surface area contributed by atoms with Gasteiger partial charge in [-0.25, -0.2) is 0 Å². The van der Waals surface area contributed by atoms with Gasteiger partial charge >= 0.3 is 5.97 Å². The van der Waals surface area contributed by atoms with Gasteiger partial charge in [0.25, 0.3) is 0 Å². The fraction of sp³-hybridized carbons (Fsp3) is 0.310. The number of nitrogens with zero attached hydrogens (tertiary/aromatic N) is 1. The number of fused-ring (bicyclic) bond motifs is 1. The summed E-state index contributed by atoms with van der Waals surface area (Å²) in [5.74, 6) is -0.369. The van der Waals surface area contributed by atoms with Gasteiger partial charge in [-0.1, -0.05) is 60.1 Å². The zero-order chi connectivity index (χ0) is 25.0. The summed E-state index contributed by atoms with van der Waals surface area (Å²) in [6, 6.07) is 21.6. The number of aliphatic carboxylic acids is 1. The van der Waals surface area contributed by atoms with Gasteiger partial charge in [0.2, 0.25) is 5.91 Å². The minimum atomic E-state index is -1.01. The van der Waals surface area contributed by atoms with Crippen LogP contribution in [-0.4, -0.2) is 40.6 Å². The molecule has 1 amide bonds. The van der Waals surface area contributed by atoms with Crippen LogP contribution < -0.4 is 4.74 Å². The zero-order valence-electron chi connectivity index (χ0n) is 20.1. The normalized spacial score (nSPS) is 16.4. The lowest BCUT2D eigenvalue weighted by molar-refractivity contribution is -0.144. The van der Waals surface area contributed by atoms with E-state index in [1.807, 2.05) is 73.7 Å². The van der Waals surface area contributed by atoms with Crippen molar-refractivity contribution >= 4 is 23.5 Å². The summed E-state index contributed by atoms with van der Waals surface area (Å²) in [5, 5.41) is 10.1. The number of carbonyl (C=O) groups excluding carboxylic acids is 1. The van der Waals surface area contributed by atoms with Crippen LogP contribution in [0.4, 0.5) is 0 Å². The maximum Gasteiger partial charge on any atom is 0.323 e. The summed E-state index contributed by atoms with van der Waals surface area (Å²) in [6.45, 7) is 4.17. The van der Waals surface area contributed by atoms with E-state index in [1.54, 1.807) is 0 Å². The molecule has 1 aliphatic rings. The van der Waals surface area contributed by atoms with Crippen LogP contribution in [0.3, 0.4) is 0 Å². The van der Waals surface area contributed by atoms with Crippen LogP contribution in [0.25, 0.3) is 0 Å². The predicted molar refractivity (Wildman–Crippen MR) is 137 cm³/mol. The topological polar surface area (TPSA) is 66.8 Å². The minimum absolute atomic E-state index is 0.155. The van der Waals surface area contributed by atoms with Crippen molar-refractivity contribution in [2.24, 2.45) is 0 Å². The molecule has 0 unspecified atom stereocenters. The first-order chi connectivity index (χ1) is 16.7. The van der Waals surface area contributed by atoms with Gasteiger partial charge in [-0.05, 0) is 66.3 Å². The number of amides is 1. The molecular weight excluding hydrogens is 462 g/mol. The second kappa shape index (κ2) is 10.5. The largest absolute Gasteiger partial charge is 0.487 e. The molecule has 0 saturated carbocycles. The molecule has 35 heavy (non-hydrogen) atoms. The molecule has 1 atom stereocenters. The number of carbonyl (C=O) groups is 2. The van der Waals surface area contributed by atoms with Gasteiger partial charge in [0.15, 0.2) is 0 Å². The van der Waals surface area contributed by atoms with Crippen molar-refractivity contribution in [1.82, 2.24) is 4.90 Å². The van der Waals surface area contributed by atoms with Crippen LogP contribution in [0.15, 0.2) is 66.7 Å². The van der Waals surface area contributed by atoms with Crippen LogP contribution in [0.5, 0.6) is 5.75 Å². The molecule has 0 bridgehead atoms. The Bertz CT molecular complexity index is 1220. The number of carboxylic acid groups (broad SMARTS) is 1. The molecule has 3 aromatic carbocycles. The van der Waals surface area contributed by atoms with E-state index in [1.165, 1.54) is 4.90 Å². The Morgan fingerprint density at radius 3 is 2.49 bits per heavy atom. The first-order valence-corrected chi connectivity index (χ1v) is 12.2. The van der Waals surface area contributed by atoms with Gasteiger partial charge in [-0.15, -0.1) is 0 Å². The Labute approximate surface area is 211 Å². The summed E-state index contributed by atoms with van der Waals surface area (Å²) >= 11 is 6.01. The van der Waals surface area contributed by atoms with Gasteiger partial charge in [-0.3, -0.25) is 9.59 Å². The number of aryl methyl sites for hydroxylation is 1. The van der Waals surface area contributed by atoms with E-state index in [9.17, 15) is 14.7 Å². The average molecular weight is 492 g/mol. The van der Waals surface area contributed by atoms with Crippen molar-refractivity contribution in [3.8, 4) is 5.75 Å². The van der Waals surface area contributed by atoms with Gasteiger partial charge in [0.05, 0.1) is 6.42 Å². The Morgan fingerprint density at radius 2 is 1.77 bits per heavy atom. The lowest BCUT2D eigenvalue weighted by Gasteiger charge is -2.24. The molecule has 0 fully saturated rings. The maximum atomic E-state index is 13.1. The lowest BCUT2D eigenvalue weighted by atomic mass is 9.91. The molecule has 182 valence electrons. The van der Waals surface area contributed by atoms with E-state index >= 15 is 0 Å². The quantitative estimate of drug-likeness (QED) is 0.442. The Morgan fingerprint density at radius 1 is 1.06 bits per heavy atom. The van der Waals surface area contributed by atoms with Gasteiger partial charge in [0, 0.05) is 24.4 Å². The van der Waals surface area contributed by atoms with Crippen molar-refractivity contribution in [1.29, 1.82) is 0 Å². The number of hydrogen-bond acceptors (Lipinski definition) is 3. The third kappa shape index (κ3) is 6.43. The maximum absolute atomic E-state index is 13.1. The van der Waals surface area contributed by atoms with Crippen molar-refractivity contribution < 1.29 is 19.4 Å². The Balaban J connectivity index is 1.42. The number of carboxylic acids is 1. The van der Waals surface area contributed by atoms with Crippen LogP contribution in [-0.2, 0) is 35.3 Å². The Hall–Kier alpha value is -3.31. The second-order valence-electron chi connectivity index (χ2n) is 9.54. The summed E-state index contributed by atoms with van der Waals surface area (Å²) in [7, 11) is 0. The zero-order valence-corrected chi connectivity index (χ0v) is 20.8. The first-order valence-electron chi connectivity index (χ1n) is 11.8. The molecule has 6 heteroatoms. The van der Waals surface area contributed by atoms with Gasteiger partial charge in [-0.2, -0.15) is 0 Å². The van der Waals surface area contributed by atoms with E-state index in [-0.39, 0.29) is 24.5 Å². The molecule has 0 spiro atoms. The van der Waals surface area contributed by atoms with Crippen LogP contribution in [0.1, 0.15) is 34.7 Å². The standard InChI is InChI=1S/C29H30ClNO4/c1-20-5-3-4-6-23(20)13-14-31(19-28(33)34)27(32)16-22-9-12-26-24(15-22)18-29(2,35-26)17-21-7-10-25(30)11-8-21/h3-12,15H,13-14,16-19H2,1-2H3,(H,33,34)/t29-/m0/s1. The Kier molecular flexibility index (Phi) is 7.46. The molecule has 1 aliphatic heterocycles. The summed E-state index contributed by atoms with van der Waals surface area (Å²) in [5.41, 5.74) is 4.96. The summed E-state index contributed by atoms with van der Waals surface area (Å²) < 4.78 is 6.28. The second-order valence-corrected chi connectivity index (χ2v) is 9.97. The summed E-state index contributed by atoms with van der Waals surface area (Å²) in [6.07, 6.45) is 2.26. The minimum Gasteiger partial charge on any atom is -0.487 e. The summed E-state index contributed by atoms with van der Waals surface area (Å²) in [4.78, 5) is 25.9. The fourth-order valence-electron chi connectivity index (χ4n) is 4.71. The van der Waals surface area contributed by atoms with Crippen molar-refractivity contribution in [2.45, 2.75) is 45.1 Å². The van der Waals surface area contributed by atoms with Gasteiger partial charge < -0.3 is 14.7 Å². The van der Waals surface area contributed by atoms with Gasteiger partial charge in [0.1, 0.15) is 17.9 Å². The highest BCUT2D eigenvalue weighted by Gasteiger charge is 2.35. The number of rotatable bonds is 9. The fourth-order valence-corrected chi connectivity index (χ4v) is 4.83. The molecule has 4 rings (SSSR count). The third-order valence-electron chi connectivity index (χ3n) is 6.48. The van der Waals surface area contributed by atoms with E-state index in [4.69, 9.17) is 16.3 Å². The molecular formula is C29H30ClNO4. The molecule has 0 saturated heterocycles. The molecule has 1 N–H and O–H groups in total. The van der Waals surface area contributed by atoms with Crippen molar-refractivity contribution in [3.05, 3.63) is 99.6 Å². The highest BCUT2D eigenvalue weighted by Crippen LogP contribution is 2.37. The van der Waals surface area contributed by atoms with Crippen molar-refractivity contribution in [3.63, 3.8) is 0 Å². The first kappa shape index (κ1) is 24.8. The van der Waals surface area contributed by atoms with Crippen molar-refractivity contribution in [2.75, 3.05) is 13.1 Å². The number of ether oxygens (including phenoxy) is 1. The highest BCUT2D eigenvalue weighted by molar-refractivity contribution is 6.30. The molecule has 3 aromatic rings. The number of hydrogen-bond donors (Lipinski definition) is 1. The van der Waals surface area contributed by atoms with Crippen LogP contribution >= 0.6 is 11.6 Å². The lowest BCUT2D eigenvalue weighted by Crippen LogP contribution is -2.38. The molecule has 5 nitrogen and oxygen atoms in total. The number of halogens is 1. The van der Waals surface area contributed by atoms with E-state index in [0.717, 1.165) is 46.4 Å². The third-order valence-corrected chi connectivity index (χ3v) is 6.74. The molecule has 0 aliphatic carbocycles. The molecule has 1 heterocycles. The SMILES string of the molecule is Cc1ccccc1CCN(CC(=O)O)C(=O)Cc1ccc2c(c1)C[C@](C)(Cc1ccc(Cl)cc1)O2.